The number of morpholine rings is 1. The number of rotatable bonds is 4. The molecule has 0 aliphatic carbocycles. The molecular formula is C13H16F2N2O3. The van der Waals surface area contributed by atoms with E-state index in [1.54, 1.807) is 4.90 Å². The van der Waals surface area contributed by atoms with Crippen LogP contribution in [0.2, 0.25) is 0 Å². The molecule has 5 nitrogen and oxygen atoms in total. The van der Waals surface area contributed by atoms with Gasteiger partial charge >= 0.3 is 6.03 Å². The normalized spacial score (nSPS) is 15.0. The highest BCUT2D eigenvalue weighted by molar-refractivity contribution is 5.74. The Kier molecular flexibility index (Phi) is 5.11. The van der Waals surface area contributed by atoms with Gasteiger partial charge in [-0.3, -0.25) is 0 Å². The van der Waals surface area contributed by atoms with Gasteiger partial charge in [-0.2, -0.15) is 0 Å². The number of benzene rings is 1. The monoisotopic (exact) mass is 286 g/mol. The summed E-state index contributed by atoms with van der Waals surface area (Å²) < 4.78 is 36.0. The number of hydrogen-bond donors (Lipinski definition) is 1. The van der Waals surface area contributed by atoms with Crippen molar-refractivity contribution in [2.75, 3.05) is 39.5 Å². The third-order valence-electron chi connectivity index (χ3n) is 2.84. The number of halogens is 2. The fourth-order valence-electron chi connectivity index (χ4n) is 1.77. The maximum atomic E-state index is 12.9. The largest absolute Gasteiger partial charge is 0.492 e. The Morgan fingerprint density at radius 3 is 2.75 bits per heavy atom. The highest BCUT2D eigenvalue weighted by atomic mass is 19.2. The molecule has 1 saturated heterocycles. The van der Waals surface area contributed by atoms with Crippen LogP contribution in [0.4, 0.5) is 13.6 Å². The van der Waals surface area contributed by atoms with Gasteiger partial charge in [-0.15, -0.1) is 0 Å². The Balaban J connectivity index is 1.68. The van der Waals surface area contributed by atoms with Crippen LogP contribution in [0.5, 0.6) is 5.75 Å². The van der Waals surface area contributed by atoms with Crippen molar-refractivity contribution < 1.29 is 23.0 Å². The van der Waals surface area contributed by atoms with Gasteiger partial charge in [0.15, 0.2) is 11.6 Å². The van der Waals surface area contributed by atoms with E-state index in [0.717, 1.165) is 12.1 Å². The standard InChI is InChI=1S/C13H16F2N2O3/c14-11-2-1-10(9-12(11)15)20-6-3-16-13(18)17-4-7-19-8-5-17/h1-2,9H,3-8H2,(H,16,18). The molecule has 1 aliphatic rings. The number of hydrogen-bond acceptors (Lipinski definition) is 3. The molecule has 2 amide bonds. The van der Waals surface area contributed by atoms with Crippen molar-refractivity contribution in [1.82, 2.24) is 10.2 Å². The van der Waals surface area contributed by atoms with Crippen LogP contribution in [-0.4, -0.2) is 50.4 Å². The van der Waals surface area contributed by atoms with Crippen molar-refractivity contribution in [2.24, 2.45) is 0 Å². The topological polar surface area (TPSA) is 50.8 Å². The van der Waals surface area contributed by atoms with Crippen LogP contribution in [-0.2, 0) is 4.74 Å². The summed E-state index contributed by atoms with van der Waals surface area (Å²) in [5, 5.41) is 2.69. The molecule has 1 N–H and O–H groups in total. The zero-order chi connectivity index (χ0) is 14.4. The number of nitrogens with zero attached hydrogens (tertiary/aromatic N) is 1. The lowest BCUT2D eigenvalue weighted by Gasteiger charge is -2.26. The molecule has 7 heteroatoms. The van der Waals surface area contributed by atoms with Crippen LogP contribution < -0.4 is 10.1 Å². The van der Waals surface area contributed by atoms with Crippen LogP contribution in [0.1, 0.15) is 0 Å². The second-order valence-electron chi connectivity index (χ2n) is 4.26. The number of amides is 2. The van der Waals surface area contributed by atoms with E-state index in [4.69, 9.17) is 9.47 Å². The molecule has 20 heavy (non-hydrogen) atoms. The summed E-state index contributed by atoms with van der Waals surface area (Å²) in [4.78, 5) is 13.4. The lowest BCUT2D eigenvalue weighted by molar-refractivity contribution is 0.0530. The van der Waals surface area contributed by atoms with Crippen LogP contribution in [0.25, 0.3) is 0 Å². The Labute approximate surface area is 115 Å². The molecule has 1 aromatic carbocycles. The first-order chi connectivity index (χ1) is 9.66. The summed E-state index contributed by atoms with van der Waals surface area (Å²) in [7, 11) is 0. The third kappa shape index (κ3) is 4.06. The summed E-state index contributed by atoms with van der Waals surface area (Å²) in [6.45, 7) is 2.68. The Bertz CT molecular complexity index is 465. The van der Waals surface area contributed by atoms with E-state index >= 15 is 0 Å². The van der Waals surface area contributed by atoms with Gasteiger partial charge in [0.05, 0.1) is 19.8 Å². The highest BCUT2D eigenvalue weighted by Gasteiger charge is 2.15. The first kappa shape index (κ1) is 14.5. The van der Waals surface area contributed by atoms with Crippen molar-refractivity contribution in [3.63, 3.8) is 0 Å². The molecule has 0 spiro atoms. The van der Waals surface area contributed by atoms with E-state index < -0.39 is 11.6 Å². The average Bonchev–Trinajstić information content (AvgIpc) is 2.48. The zero-order valence-electron chi connectivity index (χ0n) is 10.9. The lowest BCUT2D eigenvalue weighted by atomic mass is 10.3. The summed E-state index contributed by atoms with van der Waals surface area (Å²) in [6.07, 6.45) is 0. The van der Waals surface area contributed by atoms with Crippen LogP contribution in [0.15, 0.2) is 18.2 Å². The van der Waals surface area contributed by atoms with Crippen LogP contribution in [0, 0.1) is 11.6 Å². The smallest absolute Gasteiger partial charge is 0.317 e. The maximum absolute atomic E-state index is 12.9. The van der Waals surface area contributed by atoms with E-state index in [0.29, 0.717) is 26.3 Å². The Morgan fingerprint density at radius 2 is 2.05 bits per heavy atom. The maximum Gasteiger partial charge on any atom is 0.317 e. The third-order valence-corrected chi connectivity index (χ3v) is 2.84. The number of urea groups is 1. The van der Waals surface area contributed by atoms with E-state index in [-0.39, 0.29) is 24.9 Å². The molecule has 0 aromatic heterocycles. The van der Waals surface area contributed by atoms with Crippen molar-refractivity contribution in [2.45, 2.75) is 0 Å². The number of nitrogens with one attached hydrogen (secondary N) is 1. The second kappa shape index (κ2) is 7.04. The minimum Gasteiger partial charge on any atom is -0.492 e. The molecule has 0 radical (unpaired) electrons. The minimum absolute atomic E-state index is 0.179. The number of carbonyl (C=O) groups is 1. The Morgan fingerprint density at radius 1 is 1.30 bits per heavy atom. The van der Waals surface area contributed by atoms with E-state index in [2.05, 4.69) is 5.32 Å². The molecule has 0 atom stereocenters. The van der Waals surface area contributed by atoms with Gasteiger partial charge < -0.3 is 19.7 Å². The molecule has 1 aliphatic heterocycles. The average molecular weight is 286 g/mol. The molecule has 2 rings (SSSR count). The fraction of sp³-hybridized carbons (Fsp3) is 0.462. The first-order valence-electron chi connectivity index (χ1n) is 6.35. The van der Waals surface area contributed by atoms with Crippen molar-refractivity contribution in [3.8, 4) is 5.75 Å². The molecule has 0 saturated carbocycles. The first-order valence-corrected chi connectivity index (χ1v) is 6.35. The van der Waals surface area contributed by atoms with Gasteiger partial charge in [0, 0.05) is 19.2 Å². The van der Waals surface area contributed by atoms with E-state index in [9.17, 15) is 13.6 Å². The van der Waals surface area contributed by atoms with Gasteiger partial charge in [0.1, 0.15) is 12.4 Å². The fourth-order valence-corrected chi connectivity index (χ4v) is 1.77. The summed E-state index contributed by atoms with van der Waals surface area (Å²) in [6, 6.07) is 3.13. The predicted octanol–water partition coefficient (Wildman–Crippen LogP) is 1.39. The molecule has 110 valence electrons. The van der Waals surface area contributed by atoms with Gasteiger partial charge in [-0.25, -0.2) is 13.6 Å². The summed E-state index contributed by atoms with van der Waals surface area (Å²) in [5.74, 6) is -1.65. The zero-order valence-corrected chi connectivity index (χ0v) is 10.9. The predicted molar refractivity (Wildman–Crippen MR) is 67.6 cm³/mol. The Hall–Kier alpha value is -1.89. The summed E-state index contributed by atoms with van der Waals surface area (Å²) in [5.41, 5.74) is 0. The van der Waals surface area contributed by atoms with Crippen molar-refractivity contribution in [1.29, 1.82) is 0 Å². The second-order valence-corrected chi connectivity index (χ2v) is 4.26. The van der Waals surface area contributed by atoms with Crippen molar-refractivity contribution in [3.05, 3.63) is 29.8 Å². The molecule has 1 heterocycles. The molecule has 1 fully saturated rings. The van der Waals surface area contributed by atoms with Gasteiger partial charge in [-0.1, -0.05) is 0 Å². The van der Waals surface area contributed by atoms with Gasteiger partial charge in [-0.05, 0) is 12.1 Å². The quantitative estimate of drug-likeness (QED) is 0.851. The molecule has 1 aromatic rings. The van der Waals surface area contributed by atoms with Gasteiger partial charge in [0.2, 0.25) is 0 Å². The number of ether oxygens (including phenoxy) is 2. The molecule has 0 bridgehead atoms. The molecular weight excluding hydrogens is 270 g/mol. The number of carbonyl (C=O) groups excluding carboxylic acids is 1. The van der Waals surface area contributed by atoms with Crippen LogP contribution in [0.3, 0.4) is 0 Å². The van der Waals surface area contributed by atoms with Gasteiger partial charge in [0.25, 0.3) is 0 Å². The highest BCUT2D eigenvalue weighted by Crippen LogP contribution is 2.14. The van der Waals surface area contributed by atoms with Crippen molar-refractivity contribution >= 4 is 6.03 Å². The van der Waals surface area contributed by atoms with E-state index in [1.165, 1.54) is 6.07 Å². The van der Waals surface area contributed by atoms with Crippen LogP contribution >= 0.6 is 0 Å². The summed E-state index contributed by atoms with van der Waals surface area (Å²) >= 11 is 0. The minimum atomic E-state index is -0.958. The SMILES string of the molecule is O=C(NCCOc1ccc(F)c(F)c1)N1CCOCC1. The van der Waals surface area contributed by atoms with E-state index in [1.807, 2.05) is 0 Å². The molecule has 0 unspecified atom stereocenters. The lowest BCUT2D eigenvalue weighted by Crippen LogP contribution is -2.47.